The fourth-order valence-corrected chi connectivity index (χ4v) is 0.803. The largest absolute Gasteiger partial charge is 1.00 e. The average Bonchev–Trinajstić information content (AvgIpc) is 1.78. The zero-order valence-electron chi connectivity index (χ0n) is 6.74. The van der Waals surface area contributed by atoms with Gasteiger partial charge in [-0.05, 0) is 0 Å². The quantitative estimate of drug-likeness (QED) is 0.264. The summed E-state index contributed by atoms with van der Waals surface area (Å²) in [7, 11) is -4.19. The zero-order chi connectivity index (χ0) is 8.91. The molecule has 6 nitrogen and oxygen atoms in total. The standard InChI is InChI=1S/C4H10N2O4S.Na/c5-4(7)3-6-1-2-11(8,9)10;/h6H,1-3H2,(H2,5,7)(H,8,9,10);/q;+1/p-1. The number of amides is 1. The molecule has 0 aromatic carbocycles. The first kappa shape index (κ1) is 14.8. The Labute approximate surface area is 92.9 Å². The topological polar surface area (TPSA) is 112 Å². The Morgan fingerprint density at radius 1 is 1.50 bits per heavy atom. The van der Waals surface area contributed by atoms with Crippen molar-refractivity contribution in [1.82, 2.24) is 5.32 Å². The third-order valence-corrected chi connectivity index (χ3v) is 1.53. The van der Waals surface area contributed by atoms with Crippen molar-refractivity contribution < 1.29 is 47.3 Å². The second-order valence-electron chi connectivity index (χ2n) is 1.90. The van der Waals surface area contributed by atoms with Gasteiger partial charge in [0.15, 0.2) is 0 Å². The summed E-state index contributed by atoms with van der Waals surface area (Å²) in [6, 6.07) is 0. The number of hydrogen-bond acceptors (Lipinski definition) is 5. The van der Waals surface area contributed by atoms with E-state index < -0.39 is 21.8 Å². The van der Waals surface area contributed by atoms with Gasteiger partial charge < -0.3 is 15.6 Å². The molecule has 0 saturated carbocycles. The molecule has 0 radical (unpaired) electrons. The van der Waals surface area contributed by atoms with Gasteiger partial charge in [-0.3, -0.25) is 4.79 Å². The van der Waals surface area contributed by atoms with E-state index in [9.17, 15) is 17.8 Å². The number of carbonyl (C=O) groups excluding carboxylic acids is 1. The van der Waals surface area contributed by atoms with Gasteiger partial charge in [-0.2, -0.15) is 0 Å². The molecule has 0 rings (SSSR count). The smallest absolute Gasteiger partial charge is 0.748 e. The van der Waals surface area contributed by atoms with Crippen molar-refractivity contribution in [3.63, 3.8) is 0 Å². The van der Waals surface area contributed by atoms with E-state index in [0.717, 1.165) is 0 Å². The Balaban J connectivity index is 0. The average molecular weight is 204 g/mol. The molecule has 0 spiro atoms. The van der Waals surface area contributed by atoms with E-state index in [0.29, 0.717) is 0 Å². The van der Waals surface area contributed by atoms with Crippen LogP contribution in [0.15, 0.2) is 0 Å². The minimum atomic E-state index is -4.19. The SMILES string of the molecule is NC(=O)CNCCS(=O)(=O)[O-].[Na+]. The van der Waals surface area contributed by atoms with Crippen LogP contribution in [0.2, 0.25) is 0 Å². The number of carbonyl (C=O) groups is 1. The van der Waals surface area contributed by atoms with E-state index in [2.05, 4.69) is 5.32 Å². The first-order valence-electron chi connectivity index (χ1n) is 2.84. The molecular formula is C4H9N2NaO4S. The molecule has 0 fully saturated rings. The summed E-state index contributed by atoms with van der Waals surface area (Å²) in [4.78, 5) is 10.1. The Hall–Kier alpha value is 0.340. The first-order chi connectivity index (χ1) is 4.92. The molecule has 12 heavy (non-hydrogen) atoms. The molecule has 1 amide bonds. The summed E-state index contributed by atoms with van der Waals surface area (Å²) in [5, 5.41) is 2.39. The normalized spacial score (nSPS) is 10.4. The van der Waals surface area contributed by atoms with Gasteiger partial charge in [0.25, 0.3) is 0 Å². The second kappa shape index (κ2) is 6.81. The molecule has 0 aromatic heterocycles. The van der Waals surface area contributed by atoms with Crippen LogP contribution in [0.5, 0.6) is 0 Å². The van der Waals surface area contributed by atoms with Gasteiger partial charge in [0.2, 0.25) is 5.91 Å². The number of nitrogens with one attached hydrogen (secondary N) is 1. The van der Waals surface area contributed by atoms with E-state index in [1.165, 1.54) is 0 Å². The van der Waals surface area contributed by atoms with Crippen LogP contribution in [-0.4, -0.2) is 37.7 Å². The third kappa shape index (κ3) is 13.0. The summed E-state index contributed by atoms with van der Waals surface area (Å²) in [6.07, 6.45) is 0. The summed E-state index contributed by atoms with van der Waals surface area (Å²) < 4.78 is 29.9. The number of rotatable bonds is 5. The molecule has 66 valence electrons. The maximum absolute atomic E-state index is 10.1. The van der Waals surface area contributed by atoms with Crippen molar-refractivity contribution in [2.45, 2.75) is 0 Å². The fraction of sp³-hybridized carbons (Fsp3) is 0.750. The minimum absolute atomic E-state index is 0. The maximum Gasteiger partial charge on any atom is 1.00 e. The molecule has 0 aromatic rings. The maximum atomic E-state index is 10.1. The van der Waals surface area contributed by atoms with E-state index in [-0.39, 0.29) is 42.6 Å². The van der Waals surface area contributed by atoms with Crippen molar-refractivity contribution >= 4 is 16.0 Å². The van der Waals surface area contributed by atoms with Crippen molar-refractivity contribution in [2.75, 3.05) is 18.8 Å². The molecule has 8 heteroatoms. The predicted octanol–water partition coefficient (Wildman–Crippen LogP) is -5.39. The molecule has 0 atom stereocenters. The van der Waals surface area contributed by atoms with Crippen LogP contribution in [0.3, 0.4) is 0 Å². The molecule has 0 aliphatic heterocycles. The van der Waals surface area contributed by atoms with Crippen molar-refractivity contribution in [3.8, 4) is 0 Å². The van der Waals surface area contributed by atoms with E-state index in [4.69, 9.17) is 5.73 Å². The Morgan fingerprint density at radius 3 is 2.33 bits per heavy atom. The molecule has 0 aliphatic carbocycles. The van der Waals surface area contributed by atoms with Gasteiger partial charge in [0, 0.05) is 6.54 Å². The first-order valence-corrected chi connectivity index (χ1v) is 4.42. The Morgan fingerprint density at radius 2 is 2.00 bits per heavy atom. The number of primary amides is 1. The monoisotopic (exact) mass is 204 g/mol. The van der Waals surface area contributed by atoms with Crippen molar-refractivity contribution in [3.05, 3.63) is 0 Å². The molecule has 3 N–H and O–H groups in total. The van der Waals surface area contributed by atoms with Crippen molar-refractivity contribution in [1.29, 1.82) is 0 Å². The summed E-state index contributed by atoms with van der Waals surface area (Å²) in [5.41, 5.74) is 4.71. The van der Waals surface area contributed by atoms with E-state index in [1.54, 1.807) is 0 Å². The summed E-state index contributed by atoms with van der Waals surface area (Å²) in [5.74, 6) is -1.12. The third-order valence-electron chi connectivity index (χ3n) is 0.828. The van der Waals surface area contributed by atoms with Gasteiger partial charge >= 0.3 is 29.6 Å². The fourth-order valence-electron chi connectivity index (χ4n) is 0.409. The van der Waals surface area contributed by atoms with Gasteiger partial charge in [0.05, 0.1) is 22.4 Å². The zero-order valence-corrected chi connectivity index (χ0v) is 9.56. The molecule has 0 unspecified atom stereocenters. The molecular weight excluding hydrogens is 195 g/mol. The summed E-state index contributed by atoms with van der Waals surface area (Å²) in [6.45, 7) is -0.162. The second-order valence-corrected chi connectivity index (χ2v) is 3.43. The van der Waals surface area contributed by atoms with Gasteiger partial charge in [0.1, 0.15) is 0 Å². The molecule has 0 aliphatic rings. The molecule has 0 heterocycles. The molecule has 0 saturated heterocycles. The number of nitrogens with two attached hydrogens (primary N) is 1. The van der Waals surface area contributed by atoms with Crippen LogP contribution >= 0.6 is 0 Å². The van der Waals surface area contributed by atoms with Crippen LogP contribution < -0.4 is 40.6 Å². The van der Waals surface area contributed by atoms with Crippen LogP contribution in [0.25, 0.3) is 0 Å². The molecule has 0 bridgehead atoms. The van der Waals surface area contributed by atoms with Crippen LogP contribution in [-0.2, 0) is 14.9 Å². The summed E-state index contributed by atoms with van der Waals surface area (Å²) >= 11 is 0. The van der Waals surface area contributed by atoms with Crippen LogP contribution in [0.1, 0.15) is 0 Å². The van der Waals surface area contributed by atoms with E-state index >= 15 is 0 Å². The predicted molar refractivity (Wildman–Crippen MR) is 36.6 cm³/mol. The minimum Gasteiger partial charge on any atom is -0.748 e. The Kier molecular flexibility index (Phi) is 8.43. The number of hydrogen-bond donors (Lipinski definition) is 2. The Bertz CT molecular complexity index is 227. The van der Waals surface area contributed by atoms with E-state index in [1.807, 2.05) is 0 Å². The van der Waals surface area contributed by atoms with Crippen LogP contribution in [0.4, 0.5) is 0 Å². The van der Waals surface area contributed by atoms with Gasteiger partial charge in [-0.25, -0.2) is 8.42 Å². The van der Waals surface area contributed by atoms with Gasteiger partial charge in [-0.15, -0.1) is 0 Å². The van der Waals surface area contributed by atoms with Crippen LogP contribution in [0, 0.1) is 0 Å². The van der Waals surface area contributed by atoms with Gasteiger partial charge in [-0.1, -0.05) is 0 Å². The van der Waals surface area contributed by atoms with Crippen molar-refractivity contribution in [2.24, 2.45) is 5.73 Å².